The molecule has 26 heavy (non-hydrogen) atoms. The molecule has 0 aliphatic carbocycles. The van der Waals surface area contributed by atoms with Crippen molar-refractivity contribution in [3.8, 4) is 11.6 Å². The number of aromatic nitrogens is 1. The van der Waals surface area contributed by atoms with E-state index in [0.29, 0.717) is 18.9 Å². The highest BCUT2D eigenvalue weighted by Gasteiger charge is 2.18. The monoisotopic (exact) mass is 358 g/mol. The lowest BCUT2D eigenvalue weighted by Crippen LogP contribution is -2.31. The minimum absolute atomic E-state index is 0.189. The second-order valence-electron chi connectivity index (χ2n) is 5.43. The zero-order valence-corrected chi connectivity index (χ0v) is 15.1. The topological polar surface area (TPSA) is 78.0 Å². The van der Waals surface area contributed by atoms with E-state index in [1.807, 2.05) is 24.3 Å². The van der Waals surface area contributed by atoms with Gasteiger partial charge in [0.25, 0.3) is 5.91 Å². The Bertz CT molecular complexity index is 763. The Balaban J connectivity index is 1.94. The number of likely N-dealkylation sites (N-methyl/N-ethyl adjacent to an activating group) is 1. The number of hydrogen-bond donors (Lipinski definition) is 0. The summed E-state index contributed by atoms with van der Waals surface area (Å²) < 4.78 is 15.7. The van der Waals surface area contributed by atoms with Gasteiger partial charge in [-0.05, 0) is 25.1 Å². The van der Waals surface area contributed by atoms with E-state index in [1.165, 1.54) is 11.1 Å². The number of ether oxygens (including phenoxy) is 3. The van der Waals surface area contributed by atoms with Crippen LogP contribution < -0.4 is 9.47 Å². The summed E-state index contributed by atoms with van der Waals surface area (Å²) >= 11 is 0. The highest BCUT2D eigenvalue weighted by Crippen LogP contribution is 2.19. The Morgan fingerprint density at radius 2 is 1.92 bits per heavy atom. The molecule has 0 atom stereocenters. The highest BCUT2D eigenvalue weighted by molar-refractivity contribution is 5.93. The molecule has 2 rings (SSSR count). The average molecular weight is 358 g/mol. The normalized spacial score (nSPS) is 10.1. The zero-order chi connectivity index (χ0) is 18.9. The third-order valence-corrected chi connectivity index (χ3v) is 3.62. The molecule has 0 aliphatic heterocycles. The zero-order valence-electron chi connectivity index (χ0n) is 15.1. The molecule has 0 saturated carbocycles. The van der Waals surface area contributed by atoms with Crippen LogP contribution in [-0.4, -0.2) is 49.1 Å². The molecule has 1 aromatic carbocycles. The Kier molecular flexibility index (Phi) is 6.96. The highest BCUT2D eigenvalue weighted by atomic mass is 16.5. The molecular formula is C19H22N2O5. The van der Waals surface area contributed by atoms with E-state index in [9.17, 15) is 9.59 Å². The summed E-state index contributed by atoms with van der Waals surface area (Å²) in [5.74, 6) is -0.0950. The Morgan fingerprint density at radius 3 is 2.65 bits per heavy atom. The smallest absolute Gasteiger partial charge is 0.344 e. The van der Waals surface area contributed by atoms with Crippen LogP contribution in [0.2, 0.25) is 0 Å². The van der Waals surface area contributed by atoms with E-state index < -0.39 is 5.97 Å². The van der Waals surface area contributed by atoms with Crippen molar-refractivity contribution in [3.05, 3.63) is 53.7 Å². The maximum absolute atomic E-state index is 12.3. The van der Waals surface area contributed by atoms with Gasteiger partial charge in [-0.1, -0.05) is 18.2 Å². The number of para-hydroxylation sites is 1. The van der Waals surface area contributed by atoms with Gasteiger partial charge in [0, 0.05) is 25.4 Å². The number of nitrogens with zero attached hydrogens (tertiary/aromatic N) is 2. The summed E-state index contributed by atoms with van der Waals surface area (Å²) in [5, 5.41) is 0. The van der Waals surface area contributed by atoms with Gasteiger partial charge >= 0.3 is 5.97 Å². The van der Waals surface area contributed by atoms with Crippen LogP contribution in [0.25, 0.3) is 0 Å². The summed E-state index contributed by atoms with van der Waals surface area (Å²) in [6.45, 7) is 2.14. The van der Waals surface area contributed by atoms with E-state index in [2.05, 4.69) is 4.98 Å². The van der Waals surface area contributed by atoms with Crippen molar-refractivity contribution in [2.75, 3.05) is 27.4 Å². The van der Waals surface area contributed by atoms with Crippen molar-refractivity contribution >= 4 is 11.9 Å². The minimum Gasteiger partial charge on any atom is -0.496 e. The van der Waals surface area contributed by atoms with Crippen molar-refractivity contribution < 1.29 is 23.8 Å². The van der Waals surface area contributed by atoms with Crippen LogP contribution in [0, 0.1) is 0 Å². The van der Waals surface area contributed by atoms with E-state index >= 15 is 0 Å². The molecule has 0 fully saturated rings. The molecule has 0 spiro atoms. The fourth-order valence-corrected chi connectivity index (χ4v) is 2.29. The first-order valence-corrected chi connectivity index (χ1v) is 8.17. The van der Waals surface area contributed by atoms with E-state index in [-0.39, 0.29) is 24.0 Å². The van der Waals surface area contributed by atoms with Gasteiger partial charge in [0.2, 0.25) is 5.88 Å². The summed E-state index contributed by atoms with van der Waals surface area (Å²) in [6.07, 6.45) is 1.52. The molecule has 138 valence electrons. The molecule has 7 nitrogen and oxygen atoms in total. The molecule has 0 N–H and O–H groups in total. The molecule has 0 saturated heterocycles. The molecule has 0 aliphatic rings. The largest absolute Gasteiger partial charge is 0.496 e. The third-order valence-electron chi connectivity index (χ3n) is 3.62. The number of pyridine rings is 1. The number of esters is 1. The van der Waals surface area contributed by atoms with Gasteiger partial charge in [-0.2, -0.15) is 0 Å². The summed E-state index contributed by atoms with van der Waals surface area (Å²) in [4.78, 5) is 29.9. The Labute approximate surface area is 152 Å². The van der Waals surface area contributed by atoms with Crippen LogP contribution in [0.15, 0.2) is 42.6 Å². The quantitative estimate of drug-likeness (QED) is 0.674. The molecule has 0 radical (unpaired) electrons. The third kappa shape index (κ3) is 4.95. The predicted octanol–water partition coefficient (Wildman–Crippen LogP) is 2.30. The van der Waals surface area contributed by atoms with Crippen LogP contribution in [0.4, 0.5) is 0 Å². The van der Waals surface area contributed by atoms with Crippen LogP contribution in [0.3, 0.4) is 0 Å². The SMILES string of the molecule is CCOc1ncccc1C(=O)OCC(=O)N(C)Cc1ccccc1OC. The van der Waals surface area contributed by atoms with Gasteiger partial charge in [-0.15, -0.1) is 0 Å². The van der Waals surface area contributed by atoms with Gasteiger partial charge in [0.1, 0.15) is 11.3 Å². The molecule has 1 heterocycles. The van der Waals surface area contributed by atoms with Crippen molar-refractivity contribution in [2.24, 2.45) is 0 Å². The van der Waals surface area contributed by atoms with Gasteiger partial charge in [0.05, 0.1) is 13.7 Å². The van der Waals surface area contributed by atoms with Crippen LogP contribution in [0.1, 0.15) is 22.8 Å². The van der Waals surface area contributed by atoms with E-state index in [1.54, 1.807) is 33.2 Å². The van der Waals surface area contributed by atoms with Crippen LogP contribution in [0.5, 0.6) is 11.6 Å². The first kappa shape index (κ1) is 19.2. The molecule has 7 heteroatoms. The van der Waals surface area contributed by atoms with E-state index in [4.69, 9.17) is 14.2 Å². The second-order valence-corrected chi connectivity index (χ2v) is 5.43. The lowest BCUT2D eigenvalue weighted by Gasteiger charge is -2.18. The maximum Gasteiger partial charge on any atom is 0.344 e. The predicted molar refractivity (Wildman–Crippen MR) is 95.2 cm³/mol. The fourth-order valence-electron chi connectivity index (χ4n) is 2.29. The minimum atomic E-state index is -0.652. The molecule has 2 aromatic rings. The van der Waals surface area contributed by atoms with Crippen LogP contribution in [-0.2, 0) is 16.1 Å². The summed E-state index contributed by atoms with van der Waals surface area (Å²) in [7, 11) is 3.21. The van der Waals surface area contributed by atoms with Crippen molar-refractivity contribution in [1.82, 2.24) is 9.88 Å². The first-order valence-electron chi connectivity index (χ1n) is 8.17. The standard InChI is InChI=1S/C19H22N2O5/c1-4-25-18-15(9-7-11-20-18)19(23)26-13-17(22)21(2)12-14-8-5-6-10-16(14)24-3/h5-11H,4,12-13H2,1-3H3. The molecule has 0 unspecified atom stereocenters. The molecule has 1 aromatic heterocycles. The fraction of sp³-hybridized carbons (Fsp3) is 0.316. The van der Waals surface area contributed by atoms with Gasteiger partial charge in [0.15, 0.2) is 6.61 Å². The van der Waals surface area contributed by atoms with Crippen molar-refractivity contribution in [1.29, 1.82) is 0 Å². The molecule has 1 amide bonds. The Morgan fingerprint density at radius 1 is 1.15 bits per heavy atom. The Hall–Kier alpha value is -3.09. The van der Waals surface area contributed by atoms with Crippen molar-refractivity contribution in [3.63, 3.8) is 0 Å². The van der Waals surface area contributed by atoms with Crippen molar-refractivity contribution in [2.45, 2.75) is 13.5 Å². The van der Waals surface area contributed by atoms with Gasteiger partial charge in [-0.3, -0.25) is 4.79 Å². The number of benzene rings is 1. The average Bonchev–Trinajstić information content (AvgIpc) is 2.66. The summed E-state index contributed by atoms with van der Waals surface area (Å²) in [5.41, 5.74) is 1.05. The number of rotatable bonds is 8. The number of carbonyl (C=O) groups is 2. The van der Waals surface area contributed by atoms with Gasteiger partial charge in [-0.25, -0.2) is 9.78 Å². The molecule has 0 bridgehead atoms. The number of hydrogen-bond acceptors (Lipinski definition) is 6. The lowest BCUT2D eigenvalue weighted by molar-refractivity contribution is -0.133. The lowest BCUT2D eigenvalue weighted by atomic mass is 10.2. The maximum atomic E-state index is 12.3. The second kappa shape index (κ2) is 9.41. The number of carbonyl (C=O) groups excluding carboxylic acids is 2. The number of methoxy groups -OCH3 is 1. The van der Waals surface area contributed by atoms with Gasteiger partial charge < -0.3 is 19.1 Å². The number of amides is 1. The molecular weight excluding hydrogens is 336 g/mol. The first-order chi connectivity index (χ1) is 12.6. The summed E-state index contributed by atoms with van der Waals surface area (Å²) in [6, 6.07) is 10.6. The van der Waals surface area contributed by atoms with Crippen LogP contribution >= 0.6 is 0 Å². The van der Waals surface area contributed by atoms with E-state index in [0.717, 1.165) is 5.56 Å².